The quantitative estimate of drug-likeness (QED) is 0.436. The molecule has 0 N–H and O–H groups in total. The highest BCUT2D eigenvalue weighted by atomic mass is 32.2. The number of anilines is 1. The summed E-state index contributed by atoms with van der Waals surface area (Å²) in [5.41, 5.74) is 5.62. The van der Waals surface area contributed by atoms with E-state index in [-0.39, 0.29) is 0 Å². The van der Waals surface area contributed by atoms with Crippen molar-refractivity contribution in [2.45, 2.75) is 18.7 Å². The van der Waals surface area contributed by atoms with E-state index in [9.17, 15) is 8.42 Å². The first-order valence-electron chi connectivity index (χ1n) is 10.4. The van der Waals surface area contributed by atoms with E-state index in [2.05, 4.69) is 17.0 Å². The van der Waals surface area contributed by atoms with Crippen LogP contribution in [0.3, 0.4) is 0 Å². The molecule has 3 aromatic carbocycles. The van der Waals surface area contributed by atoms with Gasteiger partial charge in [-0.2, -0.15) is 0 Å². The number of hydrogen-bond acceptors (Lipinski definition) is 4. The van der Waals surface area contributed by atoms with Gasteiger partial charge in [0.15, 0.2) is 0 Å². The maximum Gasteiger partial charge on any atom is 0.207 e. The zero-order valence-corrected chi connectivity index (χ0v) is 19.8. The van der Waals surface area contributed by atoms with Crippen molar-refractivity contribution in [1.82, 2.24) is 0 Å². The maximum atomic E-state index is 13.8. The average Bonchev–Trinajstić information content (AvgIpc) is 3.12. The van der Waals surface area contributed by atoms with Gasteiger partial charge in [0, 0.05) is 17.5 Å². The molecule has 0 aliphatic carbocycles. The standard InChI is InChI=1S/C27H23NO2S2/c1-18-8-12-20(13-9-18)25-16-22(27-28(3)23-6-4-5-7-24(23)31-27)17-26(32(25,29)30)21-14-10-19(2)11-15-21/h4-17H,1-3H3. The van der Waals surface area contributed by atoms with Crippen LogP contribution in [0.2, 0.25) is 0 Å². The first kappa shape index (κ1) is 20.9. The summed E-state index contributed by atoms with van der Waals surface area (Å²) in [6, 6.07) is 23.6. The summed E-state index contributed by atoms with van der Waals surface area (Å²) in [6.07, 6.45) is 3.64. The fourth-order valence-electron chi connectivity index (χ4n) is 3.99. The molecule has 0 bridgehead atoms. The van der Waals surface area contributed by atoms with Gasteiger partial charge in [-0.1, -0.05) is 83.6 Å². The third-order valence-electron chi connectivity index (χ3n) is 5.81. The number of thioether (sulfide) groups is 1. The second kappa shape index (κ2) is 7.84. The molecule has 0 saturated heterocycles. The summed E-state index contributed by atoms with van der Waals surface area (Å²) in [4.78, 5) is 3.98. The number of sulfone groups is 1. The van der Waals surface area contributed by atoms with Crippen molar-refractivity contribution in [3.63, 3.8) is 0 Å². The minimum absolute atomic E-state index is 0.336. The van der Waals surface area contributed by atoms with Crippen molar-refractivity contribution in [2.75, 3.05) is 11.9 Å². The molecule has 2 aliphatic heterocycles. The van der Waals surface area contributed by atoms with Crippen LogP contribution in [-0.2, 0) is 9.84 Å². The smallest absolute Gasteiger partial charge is 0.207 e. The number of benzene rings is 3. The Morgan fingerprint density at radius 3 is 1.72 bits per heavy atom. The van der Waals surface area contributed by atoms with Gasteiger partial charge in [0.1, 0.15) is 0 Å². The van der Waals surface area contributed by atoms with Crippen molar-refractivity contribution in [1.29, 1.82) is 0 Å². The Bertz CT molecular complexity index is 1340. The van der Waals surface area contributed by atoms with E-state index in [1.165, 1.54) is 4.90 Å². The van der Waals surface area contributed by atoms with Crippen LogP contribution in [0.4, 0.5) is 5.69 Å². The Morgan fingerprint density at radius 2 is 1.22 bits per heavy atom. The number of hydrogen-bond donors (Lipinski definition) is 0. The van der Waals surface area contributed by atoms with Crippen LogP contribution in [-0.4, -0.2) is 15.5 Å². The number of nitrogens with zero attached hydrogens (tertiary/aromatic N) is 1. The van der Waals surface area contributed by atoms with Crippen molar-refractivity contribution < 1.29 is 8.42 Å². The van der Waals surface area contributed by atoms with Crippen LogP contribution >= 0.6 is 11.8 Å². The molecule has 0 atom stereocenters. The van der Waals surface area contributed by atoms with E-state index in [4.69, 9.17) is 0 Å². The Labute approximate surface area is 193 Å². The highest BCUT2D eigenvalue weighted by molar-refractivity contribution is 8.09. The van der Waals surface area contributed by atoms with Crippen molar-refractivity contribution in [2.24, 2.45) is 0 Å². The van der Waals surface area contributed by atoms with E-state index in [0.29, 0.717) is 20.9 Å². The average molecular weight is 458 g/mol. The van der Waals surface area contributed by atoms with Gasteiger partial charge < -0.3 is 4.90 Å². The molecule has 0 radical (unpaired) electrons. The molecule has 0 unspecified atom stereocenters. The van der Waals surface area contributed by atoms with E-state index in [1.807, 2.05) is 93.7 Å². The molecule has 5 heteroatoms. The van der Waals surface area contributed by atoms with Crippen molar-refractivity contribution in [3.05, 3.63) is 118 Å². The van der Waals surface area contributed by atoms with Crippen molar-refractivity contribution >= 4 is 37.1 Å². The zero-order valence-electron chi connectivity index (χ0n) is 18.2. The molecule has 2 heterocycles. The Balaban J connectivity index is 1.74. The molecule has 0 amide bonds. The van der Waals surface area contributed by atoms with Gasteiger partial charge in [0.2, 0.25) is 9.84 Å². The molecule has 0 spiro atoms. The summed E-state index contributed by atoms with van der Waals surface area (Å²) in [7, 11) is -1.65. The van der Waals surface area contributed by atoms with Gasteiger partial charge in [-0.15, -0.1) is 0 Å². The monoisotopic (exact) mass is 457 g/mol. The molecular formula is C27H23NO2S2. The van der Waals surface area contributed by atoms with Crippen molar-refractivity contribution in [3.8, 4) is 0 Å². The van der Waals surface area contributed by atoms with E-state index < -0.39 is 9.84 Å². The summed E-state index contributed by atoms with van der Waals surface area (Å²) in [6.45, 7) is 4.00. The largest absolute Gasteiger partial charge is 0.338 e. The lowest BCUT2D eigenvalue weighted by atomic mass is 10.1. The lowest BCUT2D eigenvalue weighted by Gasteiger charge is -2.22. The van der Waals surface area contributed by atoms with Crippen LogP contribution in [0, 0.1) is 13.8 Å². The molecule has 160 valence electrons. The van der Waals surface area contributed by atoms with E-state index in [0.717, 1.165) is 27.4 Å². The topological polar surface area (TPSA) is 37.4 Å². The van der Waals surface area contributed by atoms with Crippen LogP contribution in [0.1, 0.15) is 22.3 Å². The lowest BCUT2D eigenvalue weighted by molar-refractivity contribution is 0.614. The summed E-state index contributed by atoms with van der Waals surface area (Å²) in [5.74, 6) is 0. The lowest BCUT2D eigenvalue weighted by Crippen LogP contribution is -2.15. The Kier molecular flexibility index (Phi) is 5.11. The molecule has 3 aromatic rings. The second-order valence-electron chi connectivity index (χ2n) is 8.14. The minimum Gasteiger partial charge on any atom is -0.338 e. The van der Waals surface area contributed by atoms with E-state index in [1.54, 1.807) is 11.8 Å². The zero-order chi connectivity index (χ0) is 22.5. The summed E-state index contributed by atoms with van der Waals surface area (Å²) in [5, 5.41) is 1.02. The molecule has 0 aromatic heterocycles. The van der Waals surface area contributed by atoms with Gasteiger partial charge in [-0.3, -0.25) is 0 Å². The Morgan fingerprint density at radius 1 is 0.719 bits per heavy atom. The molecule has 0 fully saturated rings. The Hall–Kier alpha value is -3.02. The maximum absolute atomic E-state index is 13.8. The van der Waals surface area contributed by atoms with Crippen LogP contribution in [0.15, 0.2) is 100 Å². The third kappa shape index (κ3) is 3.51. The summed E-state index contributed by atoms with van der Waals surface area (Å²) < 4.78 is 27.5. The predicted octanol–water partition coefficient (Wildman–Crippen LogP) is 6.57. The van der Waals surface area contributed by atoms with Gasteiger partial charge >= 0.3 is 0 Å². The molecule has 0 saturated carbocycles. The van der Waals surface area contributed by atoms with Gasteiger partial charge in [-0.05, 0) is 49.3 Å². The molecule has 5 rings (SSSR count). The van der Waals surface area contributed by atoms with Crippen LogP contribution in [0.25, 0.3) is 9.81 Å². The van der Waals surface area contributed by atoms with E-state index >= 15 is 0 Å². The first-order valence-corrected chi connectivity index (χ1v) is 12.7. The molecule has 32 heavy (non-hydrogen) atoms. The normalized spacial score (nSPS) is 17.2. The van der Waals surface area contributed by atoms with Gasteiger partial charge in [-0.25, -0.2) is 8.42 Å². The van der Waals surface area contributed by atoms with Gasteiger partial charge in [0.25, 0.3) is 0 Å². The highest BCUT2D eigenvalue weighted by Gasteiger charge is 2.32. The predicted molar refractivity (Wildman–Crippen MR) is 135 cm³/mol. The number of allylic oxidation sites excluding steroid dienone is 3. The molecular weight excluding hydrogens is 434 g/mol. The fourth-order valence-corrected chi connectivity index (χ4v) is 6.82. The minimum atomic E-state index is -3.68. The highest BCUT2D eigenvalue weighted by Crippen LogP contribution is 2.49. The number of rotatable bonds is 2. The second-order valence-corrected chi connectivity index (χ2v) is 11.1. The van der Waals surface area contributed by atoms with Crippen LogP contribution in [0.5, 0.6) is 0 Å². The summed E-state index contributed by atoms with van der Waals surface area (Å²) >= 11 is 1.67. The van der Waals surface area contributed by atoms with Gasteiger partial charge in [0.05, 0.1) is 20.5 Å². The number of fused-ring (bicyclic) bond motifs is 1. The number of aryl methyl sites for hydroxylation is 2. The first-order chi connectivity index (χ1) is 15.3. The van der Waals surface area contributed by atoms with Crippen LogP contribution < -0.4 is 4.90 Å². The number of para-hydroxylation sites is 1. The SMILES string of the molecule is Cc1ccc(C2=CC(=C3Sc4ccccc4N3C)C=C(c3ccc(C)cc3)S2(=O)=O)cc1. The fraction of sp³-hybridized carbons (Fsp3) is 0.111. The third-order valence-corrected chi connectivity index (χ3v) is 8.94. The molecule has 3 nitrogen and oxygen atoms in total. The molecule has 2 aliphatic rings.